The van der Waals surface area contributed by atoms with Gasteiger partial charge in [0.25, 0.3) is 0 Å². The van der Waals surface area contributed by atoms with Gasteiger partial charge in [0.05, 0.1) is 12.2 Å². The van der Waals surface area contributed by atoms with Gasteiger partial charge in [-0.15, -0.1) is 0 Å². The highest BCUT2D eigenvalue weighted by atomic mass is 32.2. The van der Waals surface area contributed by atoms with Crippen molar-refractivity contribution in [1.29, 1.82) is 0 Å². The van der Waals surface area contributed by atoms with Crippen LogP contribution in [-0.2, 0) is 14.8 Å². The third kappa shape index (κ3) is 2.24. The lowest BCUT2D eigenvalue weighted by Crippen LogP contribution is -2.41. The first kappa shape index (κ1) is 11.5. The number of rotatable bonds is 3. The highest BCUT2D eigenvalue weighted by Crippen LogP contribution is 2.26. The van der Waals surface area contributed by atoms with Crippen LogP contribution in [0.25, 0.3) is 0 Å². The van der Waals surface area contributed by atoms with E-state index in [1.165, 1.54) is 4.31 Å². The van der Waals surface area contributed by atoms with Crippen LogP contribution in [0.5, 0.6) is 0 Å². The lowest BCUT2D eigenvalue weighted by atomic mass is 10.0. The van der Waals surface area contributed by atoms with Gasteiger partial charge in [0.1, 0.15) is 0 Å². The van der Waals surface area contributed by atoms with Crippen molar-refractivity contribution in [3.05, 3.63) is 0 Å². The Bertz CT molecular complexity index is 324. The summed E-state index contributed by atoms with van der Waals surface area (Å²) >= 11 is 0. The van der Waals surface area contributed by atoms with E-state index in [-0.39, 0.29) is 6.04 Å². The third-order valence-electron chi connectivity index (χ3n) is 2.64. The maximum atomic E-state index is 11.3. The number of nitrogens with zero attached hydrogens (tertiary/aromatic N) is 1. The van der Waals surface area contributed by atoms with Crippen molar-refractivity contribution in [2.75, 3.05) is 12.8 Å². The zero-order valence-electron chi connectivity index (χ0n) is 8.30. The van der Waals surface area contributed by atoms with E-state index < -0.39 is 21.9 Å². The second kappa shape index (κ2) is 3.86. The van der Waals surface area contributed by atoms with Gasteiger partial charge in [0, 0.05) is 12.6 Å². The molecule has 0 amide bonds. The van der Waals surface area contributed by atoms with E-state index in [4.69, 9.17) is 5.11 Å². The van der Waals surface area contributed by atoms with Gasteiger partial charge in [-0.2, -0.15) is 4.31 Å². The molecule has 82 valence electrons. The van der Waals surface area contributed by atoms with Crippen LogP contribution >= 0.6 is 0 Å². The van der Waals surface area contributed by atoms with Gasteiger partial charge >= 0.3 is 5.97 Å². The predicted octanol–water partition coefficient (Wildman–Crippen LogP) is 0.131. The second-order valence-electron chi connectivity index (χ2n) is 3.71. The van der Waals surface area contributed by atoms with Crippen molar-refractivity contribution >= 4 is 16.0 Å². The average Bonchev–Trinajstić information content (AvgIpc) is 2.48. The zero-order chi connectivity index (χ0) is 10.9. The molecule has 0 aromatic heterocycles. The number of carboxylic acids is 1. The Morgan fingerprint density at radius 3 is 2.57 bits per heavy atom. The Kier molecular flexibility index (Phi) is 3.16. The molecule has 1 fully saturated rings. The molecular formula is C8H15NO4S. The van der Waals surface area contributed by atoms with Crippen molar-refractivity contribution in [3.63, 3.8) is 0 Å². The first-order chi connectivity index (χ1) is 6.34. The van der Waals surface area contributed by atoms with Crippen LogP contribution in [0.15, 0.2) is 0 Å². The van der Waals surface area contributed by atoms with Crippen LogP contribution in [0.2, 0.25) is 0 Å². The van der Waals surface area contributed by atoms with E-state index in [9.17, 15) is 13.2 Å². The molecule has 1 rings (SSSR count). The van der Waals surface area contributed by atoms with Crippen LogP contribution in [0, 0.1) is 5.92 Å². The molecule has 0 aromatic rings. The minimum absolute atomic E-state index is 0.373. The van der Waals surface area contributed by atoms with Crippen LogP contribution < -0.4 is 0 Å². The van der Waals surface area contributed by atoms with Gasteiger partial charge in [0.15, 0.2) is 0 Å². The van der Waals surface area contributed by atoms with E-state index in [0.717, 1.165) is 12.7 Å². The van der Waals surface area contributed by atoms with E-state index in [1.54, 1.807) is 6.92 Å². The monoisotopic (exact) mass is 221 g/mol. The molecule has 2 unspecified atom stereocenters. The van der Waals surface area contributed by atoms with Crippen molar-refractivity contribution < 1.29 is 18.3 Å². The minimum atomic E-state index is -3.26. The first-order valence-corrected chi connectivity index (χ1v) is 6.38. The van der Waals surface area contributed by atoms with Gasteiger partial charge in [-0.25, -0.2) is 8.42 Å². The van der Waals surface area contributed by atoms with E-state index in [0.29, 0.717) is 13.0 Å². The van der Waals surface area contributed by atoms with Gasteiger partial charge in [-0.1, -0.05) is 6.92 Å². The molecule has 5 nitrogen and oxygen atoms in total. The number of sulfonamides is 1. The van der Waals surface area contributed by atoms with Crippen LogP contribution in [0.1, 0.15) is 19.8 Å². The zero-order valence-corrected chi connectivity index (χ0v) is 9.12. The summed E-state index contributed by atoms with van der Waals surface area (Å²) < 4.78 is 23.9. The molecule has 1 N–H and O–H groups in total. The smallest absolute Gasteiger partial charge is 0.307 e. The summed E-state index contributed by atoms with van der Waals surface area (Å²) in [6.07, 6.45) is 2.51. The quantitative estimate of drug-likeness (QED) is 0.735. The Labute approximate surface area is 83.8 Å². The fourth-order valence-electron chi connectivity index (χ4n) is 1.84. The second-order valence-corrected chi connectivity index (χ2v) is 5.65. The molecule has 2 atom stereocenters. The maximum absolute atomic E-state index is 11.3. The minimum Gasteiger partial charge on any atom is -0.481 e. The summed E-state index contributed by atoms with van der Waals surface area (Å²) in [4.78, 5) is 10.7. The first-order valence-electron chi connectivity index (χ1n) is 4.53. The summed E-state index contributed by atoms with van der Waals surface area (Å²) in [7, 11) is -3.26. The van der Waals surface area contributed by atoms with E-state index >= 15 is 0 Å². The van der Waals surface area contributed by atoms with Crippen molar-refractivity contribution in [2.45, 2.75) is 25.8 Å². The van der Waals surface area contributed by atoms with Crippen LogP contribution in [0.4, 0.5) is 0 Å². The van der Waals surface area contributed by atoms with Gasteiger partial charge in [-0.05, 0) is 12.8 Å². The van der Waals surface area contributed by atoms with E-state index in [1.807, 2.05) is 0 Å². The van der Waals surface area contributed by atoms with Crippen LogP contribution in [0.3, 0.4) is 0 Å². The lowest BCUT2D eigenvalue weighted by Gasteiger charge is -2.24. The van der Waals surface area contributed by atoms with Crippen molar-refractivity contribution in [2.24, 2.45) is 5.92 Å². The van der Waals surface area contributed by atoms with Crippen molar-refractivity contribution in [3.8, 4) is 0 Å². The SMILES string of the molecule is CC(C(=O)O)C1CCCN1S(C)(=O)=O. The predicted molar refractivity (Wildman–Crippen MR) is 51.4 cm³/mol. The largest absolute Gasteiger partial charge is 0.481 e. The fourth-order valence-corrected chi connectivity index (χ4v) is 3.08. The topological polar surface area (TPSA) is 74.7 Å². The Balaban J connectivity index is 2.84. The molecular weight excluding hydrogens is 206 g/mol. The number of hydrogen-bond acceptors (Lipinski definition) is 3. The number of hydrogen-bond donors (Lipinski definition) is 1. The molecule has 1 heterocycles. The number of carbonyl (C=O) groups is 1. The maximum Gasteiger partial charge on any atom is 0.307 e. The average molecular weight is 221 g/mol. The molecule has 14 heavy (non-hydrogen) atoms. The summed E-state index contributed by atoms with van der Waals surface area (Å²) in [5.41, 5.74) is 0. The van der Waals surface area contributed by atoms with Gasteiger partial charge in [-0.3, -0.25) is 4.79 Å². The molecule has 0 radical (unpaired) electrons. The normalized spacial score (nSPS) is 26.3. The summed E-state index contributed by atoms with van der Waals surface area (Å²) in [6, 6.07) is -0.373. The van der Waals surface area contributed by atoms with Crippen molar-refractivity contribution in [1.82, 2.24) is 4.31 Å². The standard InChI is InChI=1S/C8H15NO4S/c1-6(8(10)11)7-4-3-5-9(7)14(2,12)13/h6-7H,3-5H2,1-2H3,(H,10,11). The molecule has 0 aromatic carbocycles. The Hall–Kier alpha value is -0.620. The van der Waals surface area contributed by atoms with Gasteiger partial charge in [0.2, 0.25) is 10.0 Å². The highest BCUT2D eigenvalue weighted by molar-refractivity contribution is 7.88. The third-order valence-corrected chi connectivity index (χ3v) is 3.95. The number of aliphatic carboxylic acids is 1. The molecule has 6 heteroatoms. The Morgan fingerprint density at radius 1 is 1.57 bits per heavy atom. The molecule has 1 aliphatic rings. The lowest BCUT2D eigenvalue weighted by molar-refractivity contribution is -0.142. The Morgan fingerprint density at radius 2 is 2.14 bits per heavy atom. The molecule has 0 aliphatic carbocycles. The molecule has 0 bridgehead atoms. The highest BCUT2D eigenvalue weighted by Gasteiger charge is 2.37. The molecule has 1 aliphatic heterocycles. The molecule has 0 spiro atoms. The van der Waals surface area contributed by atoms with E-state index in [2.05, 4.69) is 0 Å². The molecule has 0 saturated carbocycles. The fraction of sp³-hybridized carbons (Fsp3) is 0.875. The number of carboxylic acid groups (broad SMARTS) is 1. The van der Waals surface area contributed by atoms with Crippen LogP contribution in [-0.4, -0.2) is 42.6 Å². The van der Waals surface area contributed by atoms with Gasteiger partial charge < -0.3 is 5.11 Å². The molecule has 1 saturated heterocycles. The summed E-state index contributed by atoms with van der Waals surface area (Å²) in [5.74, 6) is -1.57. The summed E-state index contributed by atoms with van der Waals surface area (Å²) in [5, 5.41) is 8.80. The summed E-state index contributed by atoms with van der Waals surface area (Å²) in [6.45, 7) is 2.00.